The maximum Gasteiger partial charge on any atom is 0.219 e. The van der Waals surface area contributed by atoms with Gasteiger partial charge in [0.1, 0.15) is 0 Å². The van der Waals surface area contributed by atoms with Gasteiger partial charge in [-0.15, -0.1) is 0 Å². The number of piperazine rings is 1. The average molecular weight is 275 g/mol. The molecule has 20 heavy (non-hydrogen) atoms. The Hall–Kier alpha value is -1.39. The highest BCUT2D eigenvalue weighted by atomic mass is 16.2. The second kappa shape index (κ2) is 6.37. The molecule has 0 saturated carbocycles. The van der Waals surface area contributed by atoms with Gasteiger partial charge in [-0.1, -0.05) is 29.8 Å². The lowest BCUT2D eigenvalue weighted by molar-refractivity contribution is -0.130. The predicted octanol–water partition coefficient (Wildman–Crippen LogP) is 1.55. The molecule has 1 aromatic carbocycles. The number of aryl methyl sites for hydroxylation is 1. The van der Waals surface area contributed by atoms with Gasteiger partial charge in [-0.05, 0) is 19.4 Å². The minimum atomic E-state index is 0.0709. The summed E-state index contributed by atoms with van der Waals surface area (Å²) in [6, 6.07) is 8.90. The Morgan fingerprint density at radius 2 is 1.70 bits per heavy atom. The quantitative estimate of drug-likeness (QED) is 0.910. The third-order valence-electron chi connectivity index (χ3n) is 4.07. The van der Waals surface area contributed by atoms with E-state index in [0.29, 0.717) is 0 Å². The molecule has 0 spiro atoms. The number of carbonyl (C=O) groups is 1. The first-order chi connectivity index (χ1) is 9.49. The van der Waals surface area contributed by atoms with Crippen LogP contribution in [0.15, 0.2) is 24.3 Å². The maximum absolute atomic E-state index is 11.4. The number of nitrogens with zero attached hydrogens (tertiary/aromatic N) is 2. The van der Waals surface area contributed by atoms with Gasteiger partial charge in [-0.25, -0.2) is 0 Å². The third-order valence-corrected chi connectivity index (χ3v) is 4.07. The Bertz CT molecular complexity index is 447. The van der Waals surface area contributed by atoms with Gasteiger partial charge in [0.2, 0.25) is 5.91 Å². The largest absolute Gasteiger partial charge is 0.340 e. The second-order valence-corrected chi connectivity index (χ2v) is 5.76. The summed E-state index contributed by atoms with van der Waals surface area (Å²) in [5.41, 5.74) is 8.74. The van der Waals surface area contributed by atoms with Crippen LogP contribution in [0.1, 0.15) is 31.0 Å². The summed E-state index contributed by atoms with van der Waals surface area (Å²) < 4.78 is 0. The Morgan fingerprint density at radius 1 is 1.15 bits per heavy atom. The first-order valence-corrected chi connectivity index (χ1v) is 7.30. The molecule has 1 aliphatic rings. The summed E-state index contributed by atoms with van der Waals surface area (Å²) in [5, 5.41) is 0. The van der Waals surface area contributed by atoms with Crippen LogP contribution in [0, 0.1) is 6.92 Å². The minimum absolute atomic E-state index is 0.0709. The molecule has 2 atom stereocenters. The number of benzene rings is 1. The van der Waals surface area contributed by atoms with Crippen molar-refractivity contribution in [3.05, 3.63) is 35.4 Å². The van der Waals surface area contributed by atoms with Gasteiger partial charge in [-0.2, -0.15) is 0 Å². The SMILES string of the molecule is CC(=O)N1CCN(C(c2ccc(C)cc2)C(C)N)CC1. The number of carbonyl (C=O) groups excluding carboxylic acids is 1. The molecule has 1 amide bonds. The van der Waals surface area contributed by atoms with Gasteiger partial charge in [0.25, 0.3) is 0 Å². The maximum atomic E-state index is 11.4. The number of rotatable bonds is 3. The molecule has 4 nitrogen and oxygen atoms in total. The van der Waals surface area contributed by atoms with Gasteiger partial charge in [0.05, 0.1) is 0 Å². The van der Waals surface area contributed by atoms with Crippen LogP contribution in [0.25, 0.3) is 0 Å². The minimum Gasteiger partial charge on any atom is -0.340 e. The van der Waals surface area contributed by atoms with E-state index in [-0.39, 0.29) is 18.0 Å². The van der Waals surface area contributed by atoms with E-state index < -0.39 is 0 Å². The lowest BCUT2D eigenvalue weighted by Gasteiger charge is -2.40. The smallest absolute Gasteiger partial charge is 0.219 e. The van der Waals surface area contributed by atoms with Crippen molar-refractivity contribution in [3.8, 4) is 0 Å². The first kappa shape index (κ1) is 15.0. The number of amides is 1. The van der Waals surface area contributed by atoms with Crippen molar-refractivity contribution in [1.29, 1.82) is 0 Å². The molecule has 2 N–H and O–H groups in total. The molecule has 1 aliphatic heterocycles. The van der Waals surface area contributed by atoms with Gasteiger partial charge >= 0.3 is 0 Å². The van der Waals surface area contributed by atoms with Crippen molar-refractivity contribution >= 4 is 5.91 Å². The molecule has 1 aromatic rings. The first-order valence-electron chi connectivity index (χ1n) is 7.30. The zero-order chi connectivity index (χ0) is 14.7. The molecule has 2 unspecified atom stereocenters. The van der Waals surface area contributed by atoms with E-state index in [0.717, 1.165) is 26.2 Å². The lowest BCUT2D eigenvalue weighted by Crippen LogP contribution is -2.51. The van der Waals surface area contributed by atoms with Gasteiger partial charge in [0.15, 0.2) is 0 Å². The second-order valence-electron chi connectivity index (χ2n) is 5.76. The van der Waals surface area contributed by atoms with E-state index in [9.17, 15) is 4.79 Å². The lowest BCUT2D eigenvalue weighted by atomic mass is 9.97. The van der Waals surface area contributed by atoms with Crippen molar-refractivity contribution in [3.63, 3.8) is 0 Å². The van der Waals surface area contributed by atoms with E-state index in [4.69, 9.17) is 5.73 Å². The highest BCUT2D eigenvalue weighted by molar-refractivity contribution is 5.73. The Morgan fingerprint density at radius 3 is 2.15 bits per heavy atom. The molecule has 0 aromatic heterocycles. The van der Waals surface area contributed by atoms with E-state index in [1.807, 2.05) is 4.90 Å². The van der Waals surface area contributed by atoms with Crippen LogP contribution in [0.2, 0.25) is 0 Å². The molecule has 0 radical (unpaired) electrons. The fraction of sp³-hybridized carbons (Fsp3) is 0.562. The highest BCUT2D eigenvalue weighted by Crippen LogP contribution is 2.25. The third kappa shape index (κ3) is 3.38. The monoisotopic (exact) mass is 275 g/mol. The standard InChI is InChI=1S/C16H25N3O/c1-12-4-6-15(7-5-12)16(13(2)17)19-10-8-18(9-11-19)14(3)20/h4-7,13,16H,8-11,17H2,1-3H3. The van der Waals surface area contributed by atoms with Gasteiger partial charge in [0, 0.05) is 45.2 Å². The topological polar surface area (TPSA) is 49.6 Å². The van der Waals surface area contributed by atoms with Crippen LogP contribution in [-0.2, 0) is 4.79 Å². The molecule has 110 valence electrons. The molecule has 2 rings (SSSR count). The molecule has 0 aliphatic carbocycles. The average Bonchev–Trinajstić information content (AvgIpc) is 2.41. The molecule has 1 fully saturated rings. The van der Waals surface area contributed by atoms with Crippen LogP contribution < -0.4 is 5.73 Å². The zero-order valence-electron chi connectivity index (χ0n) is 12.7. The van der Waals surface area contributed by atoms with Crippen molar-refractivity contribution in [2.45, 2.75) is 32.9 Å². The predicted molar refractivity (Wildman–Crippen MR) is 81.4 cm³/mol. The van der Waals surface area contributed by atoms with E-state index in [1.54, 1.807) is 6.92 Å². The van der Waals surface area contributed by atoms with Crippen LogP contribution in [-0.4, -0.2) is 47.9 Å². The molecule has 0 bridgehead atoms. The van der Waals surface area contributed by atoms with E-state index in [1.165, 1.54) is 11.1 Å². The van der Waals surface area contributed by atoms with Crippen LogP contribution in [0.5, 0.6) is 0 Å². The molecule has 1 heterocycles. The summed E-state index contributed by atoms with van der Waals surface area (Å²) in [6.45, 7) is 9.16. The number of hydrogen-bond donors (Lipinski definition) is 1. The number of hydrogen-bond acceptors (Lipinski definition) is 3. The van der Waals surface area contributed by atoms with Crippen molar-refractivity contribution in [1.82, 2.24) is 9.80 Å². The molecule has 1 saturated heterocycles. The summed E-state index contributed by atoms with van der Waals surface area (Å²) in [6.07, 6.45) is 0. The van der Waals surface area contributed by atoms with Crippen LogP contribution >= 0.6 is 0 Å². The highest BCUT2D eigenvalue weighted by Gasteiger charge is 2.28. The number of nitrogens with two attached hydrogens (primary N) is 1. The Balaban J connectivity index is 2.10. The fourth-order valence-corrected chi connectivity index (χ4v) is 2.93. The zero-order valence-corrected chi connectivity index (χ0v) is 12.7. The van der Waals surface area contributed by atoms with Gasteiger partial charge in [-0.3, -0.25) is 9.69 Å². The van der Waals surface area contributed by atoms with Crippen molar-refractivity contribution in [2.75, 3.05) is 26.2 Å². The summed E-state index contributed by atoms with van der Waals surface area (Å²) >= 11 is 0. The Labute approximate surface area is 121 Å². The molecule has 4 heteroatoms. The van der Waals surface area contributed by atoms with Gasteiger partial charge < -0.3 is 10.6 Å². The van der Waals surface area contributed by atoms with Crippen molar-refractivity contribution in [2.24, 2.45) is 5.73 Å². The summed E-state index contributed by atoms with van der Waals surface area (Å²) in [5.74, 6) is 0.164. The van der Waals surface area contributed by atoms with Crippen LogP contribution in [0.4, 0.5) is 0 Å². The normalized spacial score (nSPS) is 19.7. The summed E-state index contributed by atoms with van der Waals surface area (Å²) in [4.78, 5) is 15.7. The molecular weight excluding hydrogens is 250 g/mol. The Kier molecular flexibility index (Phi) is 4.78. The fourth-order valence-electron chi connectivity index (χ4n) is 2.93. The van der Waals surface area contributed by atoms with E-state index >= 15 is 0 Å². The summed E-state index contributed by atoms with van der Waals surface area (Å²) in [7, 11) is 0. The van der Waals surface area contributed by atoms with Crippen LogP contribution in [0.3, 0.4) is 0 Å². The van der Waals surface area contributed by atoms with E-state index in [2.05, 4.69) is 43.0 Å². The van der Waals surface area contributed by atoms with Crippen molar-refractivity contribution < 1.29 is 4.79 Å². The molecular formula is C16H25N3O.